The highest BCUT2D eigenvalue weighted by Crippen LogP contribution is 2.77. The number of carboxylic acid groups (broad SMARTS) is 1. The van der Waals surface area contributed by atoms with E-state index in [-0.39, 0.29) is 22.2 Å². The van der Waals surface area contributed by atoms with Crippen molar-refractivity contribution in [3.63, 3.8) is 0 Å². The maximum atomic E-state index is 12.8. The number of rotatable bonds is 2. The molecular weight excluding hydrogens is 406 g/mol. The Kier molecular flexibility index (Phi) is 5.15. The molecule has 33 heavy (non-hydrogen) atoms. The summed E-state index contributed by atoms with van der Waals surface area (Å²) < 4.78 is 0. The lowest BCUT2D eigenvalue weighted by Gasteiger charge is -2.72. The van der Waals surface area contributed by atoms with Gasteiger partial charge in [0.1, 0.15) is 0 Å². The Morgan fingerprint density at radius 1 is 0.848 bits per heavy atom. The fraction of sp³-hybridized carbons (Fsp3) is 0.900. The van der Waals surface area contributed by atoms with Crippen LogP contribution < -0.4 is 5.73 Å². The smallest absolute Gasteiger partial charge is 0.309 e. The van der Waals surface area contributed by atoms with Gasteiger partial charge in [-0.2, -0.15) is 0 Å². The fourth-order valence-corrected chi connectivity index (χ4v) is 11.5. The molecule has 3 N–H and O–H groups in total. The highest BCUT2D eigenvalue weighted by atomic mass is 16.4. The summed E-state index contributed by atoms with van der Waals surface area (Å²) in [4.78, 5) is 12.8. The first kappa shape index (κ1) is 23.9. The number of fused-ring (bicyclic) bond motifs is 7. The molecule has 0 saturated heterocycles. The number of aliphatic carboxylic acids is 1. The van der Waals surface area contributed by atoms with E-state index in [0.29, 0.717) is 29.2 Å². The van der Waals surface area contributed by atoms with Crippen LogP contribution in [-0.4, -0.2) is 17.1 Å². The molecule has 5 rings (SSSR count). The first-order chi connectivity index (χ1) is 15.3. The molecule has 186 valence electrons. The van der Waals surface area contributed by atoms with Crippen LogP contribution in [0.25, 0.3) is 0 Å². The van der Waals surface area contributed by atoms with E-state index in [0.717, 1.165) is 38.0 Å². The van der Waals surface area contributed by atoms with E-state index in [4.69, 9.17) is 5.73 Å². The summed E-state index contributed by atoms with van der Waals surface area (Å²) >= 11 is 0. The van der Waals surface area contributed by atoms with Crippen LogP contribution in [-0.2, 0) is 4.79 Å². The minimum Gasteiger partial charge on any atom is -0.481 e. The standard InChI is InChI=1S/C30H49NO2/c1-18(2)19-10-15-30(25(32)33)17-16-28(6)20(24(19)30)8-9-22-27(5)13-12-23(31)26(3,4)21(27)11-14-29(22,28)7/h19-24H,1,8-17,31H2,2-7H3,(H,32,33)/t19-,20+,21-,22+,23?,24+,27-,28+,29+,30-/m0/s1. The summed E-state index contributed by atoms with van der Waals surface area (Å²) in [5.41, 5.74) is 8.45. The predicted octanol–water partition coefficient (Wildman–Crippen LogP) is 7.06. The molecule has 3 nitrogen and oxygen atoms in total. The zero-order valence-corrected chi connectivity index (χ0v) is 22.2. The van der Waals surface area contributed by atoms with Crippen molar-refractivity contribution < 1.29 is 9.90 Å². The van der Waals surface area contributed by atoms with E-state index in [2.05, 4.69) is 48.1 Å². The van der Waals surface area contributed by atoms with Crippen molar-refractivity contribution in [1.29, 1.82) is 0 Å². The first-order valence-corrected chi connectivity index (χ1v) is 13.9. The van der Waals surface area contributed by atoms with Crippen molar-refractivity contribution >= 4 is 5.97 Å². The Morgan fingerprint density at radius 3 is 2.18 bits per heavy atom. The Bertz CT molecular complexity index is 863. The van der Waals surface area contributed by atoms with Crippen LogP contribution in [0.1, 0.15) is 106 Å². The number of nitrogens with two attached hydrogens (primary N) is 1. The highest BCUT2D eigenvalue weighted by Gasteiger charge is 2.71. The monoisotopic (exact) mass is 455 g/mol. The first-order valence-electron chi connectivity index (χ1n) is 13.9. The maximum Gasteiger partial charge on any atom is 0.309 e. The van der Waals surface area contributed by atoms with Crippen molar-refractivity contribution in [2.24, 2.45) is 62.4 Å². The minimum absolute atomic E-state index is 0.202. The van der Waals surface area contributed by atoms with E-state index in [1.165, 1.54) is 37.7 Å². The van der Waals surface area contributed by atoms with Crippen molar-refractivity contribution in [3.05, 3.63) is 12.2 Å². The molecule has 5 aliphatic rings. The molecule has 5 saturated carbocycles. The van der Waals surface area contributed by atoms with Gasteiger partial charge >= 0.3 is 5.97 Å². The van der Waals surface area contributed by atoms with Crippen molar-refractivity contribution in [2.45, 2.75) is 112 Å². The molecule has 5 aliphatic carbocycles. The second-order valence-corrected chi connectivity index (χ2v) is 14.6. The van der Waals surface area contributed by atoms with E-state index in [1.807, 2.05) is 0 Å². The largest absolute Gasteiger partial charge is 0.481 e. The third kappa shape index (κ3) is 2.75. The van der Waals surface area contributed by atoms with E-state index >= 15 is 0 Å². The number of allylic oxidation sites excluding steroid dienone is 1. The normalized spacial score (nSPS) is 55.0. The van der Waals surface area contributed by atoms with Gasteiger partial charge in [0.05, 0.1) is 5.41 Å². The molecular formula is C30H49NO2. The van der Waals surface area contributed by atoms with Crippen molar-refractivity contribution in [1.82, 2.24) is 0 Å². The molecule has 0 aromatic heterocycles. The molecule has 0 aliphatic heterocycles. The lowest BCUT2D eigenvalue weighted by Crippen LogP contribution is -2.67. The third-order valence-corrected chi connectivity index (χ3v) is 13.6. The number of hydrogen-bond acceptors (Lipinski definition) is 2. The van der Waals surface area contributed by atoms with Crippen LogP contribution >= 0.6 is 0 Å². The van der Waals surface area contributed by atoms with Gasteiger partial charge in [0.25, 0.3) is 0 Å². The predicted molar refractivity (Wildman–Crippen MR) is 135 cm³/mol. The van der Waals surface area contributed by atoms with Gasteiger partial charge in [0, 0.05) is 6.04 Å². The van der Waals surface area contributed by atoms with Crippen molar-refractivity contribution in [3.8, 4) is 0 Å². The molecule has 0 amide bonds. The molecule has 0 heterocycles. The Balaban J connectivity index is 1.57. The molecule has 0 aromatic carbocycles. The minimum atomic E-state index is -0.524. The van der Waals surface area contributed by atoms with Crippen LogP contribution in [0.15, 0.2) is 12.2 Å². The topological polar surface area (TPSA) is 63.3 Å². The summed E-state index contributed by atoms with van der Waals surface area (Å²) in [5, 5.41) is 10.5. The van der Waals surface area contributed by atoms with Gasteiger partial charge in [0.15, 0.2) is 0 Å². The number of carboxylic acids is 1. The Hall–Kier alpha value is -0.830. The maximum absolute atomic E-state index is 12.8. The Morgan fingerprint density at radius 2 is 1.55 bits per heavy atom. The van der Waals surface area contributed by atoms with Crippen LogP contribution in [0.5, 0.6) is 0 Å². The molecule has 3 heteroatoms. The molecule has 5 fully saturated rings. The van der Waals surface area contributed by atoms with Crippen LogP contribution in [0, 0.1) is 56.7 Å². The van der Waals surface area contributed by atoms with Gasteiger partial charge in [0.2, 0.25) is 0 Å². The Labute approximate surface area is 202 Å². The van der Waals surface area contributed by atoms with Crippen LogP contribution in [0.3, 0.4) is 0 Å². The zero-order valence-electron chi connectivity index (χ0n) is 22.2. The SMILES string of the molecule is C=C(C)[C@@H]1CC[C@]2(C(=O)O)CC[C@]3(C)[C@H](CC[C@@H]4[C@@]5(C)CCC(N)C(C)(C)[C@@H]5CC[C@]43C)[C@@H]12. The molecule has 10 atom stereocenters. The van der Waals surface area contributed by atoms with Gasteiger partial charge < -0.3 is 10.8 Å². The highest BCUT2D eigenvalue weighted by molar-refractivity contribution is 5.76. The summed E-state index contributed by atoms with van der Waals surface area (Å²) in [6, 6.07) is 0.313. The molecule has 0 radical (unpaired) electrons. The third-order valence-electron chi connectivity index (χ3n) is 13.6. The molecule has 0 bridgehead atoms. The summed E-state index contributed by atoms with van der Waals surface area (Å²) in [5.74, 6) is 2.05. The van der Waals surface area contributed by atoms with Gasteiger partial charge in [-0.1, -0.05) is 46.8 Å². The molecule has 1 unspecified atom stereocenters. The fourth-order valence-electron chi connectivity index (χ4n) is 11.5. The van der Waals surface area contributed by atoms with Crippen LogP contribution in [0.4, 0.5) is 0 Å². The summed E-state index contributed by atoms with van der Waals surface area (Å²) in [6.07, 6.45) is 11.3. The van der Waals surface area contributed by atoms with Gasteiger partial charge in [-0.15, -0.1) is 0 Å². The number of hydrogen-bond donors (Lipinski definition) is 2. The van der Waals surface area contributed by atoms with Crippen LogP contribution in [0.2, 0.25) is 0 Å². The average molecular weight is 456 g/mol. The molecule has 0 aromatic rings. The number of carbonyl (C=O) groups is 1. The van der Waals surface area contributed by atoms with Gasteiger partial charge in [-0.05, 0) is 122 Å². The lowest BCUT2D eigenvalue weighted by atomic mass is 9.32. The second-order valence-electron chi connectivity index (χ2n) is 14.6. The average Bonchev–Trinajstić information content (AvgIpc) is 3.13. The van der Waals surface area contributed by atoms with E-state index in [9.17, 15) is 9.90 Å². The van der Waals surface area contributed by atoms with E-state index in [1.54, 1.807) is 0 Å². The van der Waals surface area contributed by atoms with E-state index < -0.39 is 11.4 Å². The van der Waals surface area contributed by atoms with Gasteiger partial charge in [-0.25, -0.2) is 0 Å². The second kappa shape index (κ2) is 7.11. The summed E-state index contributed by atoms with van der Waals surface area (Å²) in [6.45, 7) is 19.2. The van der Waals surface area contributed by atoms with Crippen molar-refractivity contribution in [2.75, 3.05) is 0 Å². The van der Waals surface area contributed by atoms with Gasteiger partial charge in [-0.3, -0.25) is 4.79 Å². The summed E-state index contributed by atoms with van der Waals surface area (Å²) in [7, 11) is 0. The quantitative estimate of drug-likeness (QED) is 0.438. The zero-order chi connectivity index (χ0) is 24.2. The molecule has 0 spiro atoms. The lowest BCUT2D eigenvalue weighted by molar-refractivity contribution is -0.239.